The van der Waals surface area contributed by atoms with Crippen molar-refractivity contribution in [2.24, 2.45) is 0 Å². The molecule has 3 aromatic rings. The van der Waals surface area contributed by atoms with Crippen molar-refractivity contribution in [2.75, 3.05) is 16.3 Å². The third-order valence-electron chi connectivity index (χ3n) is 6.09. The molecule has 2 aliphatic heterocycles. The predicted molar refractivity (Wildman–Crippen MR) is 130 cm³/mol. The van der Waals surface area contributed by atoms with Gasteiger partial charge in [0.25, 0.3) is 11.8 Å². The first-order valence-electron chi connectivity index (χ1n) is 11.3. The number of hydrogen-bond donors (Lipinski definition) is 0. The van der Waals surface area contributed by atoms with Gasteiger partial charge in [-0.2, -0.15) is 0 Å². The smallest absolute Gasteiger partial charge is 0.282 e. The number of fused-ring (bicyclic) bond motifs is 1. The van der Waals surface area contributed by atoms with Crippen LogP contribution in [0, 0.1) is 6.92 Å². The van der Waals surface area contributed by atoms with Gasteiger partial charge in [-0.3, -0.25) is 9.59 Å². The fraction of sp³-hybridized carbons (Fsp3) is 0.214. The van der Waals surface area contributed by atoms with Crippen LogP contribution in [-0.4, -0.2) is 24.5 Å². The number of hydrogen-bond acceptors (Lipinski definition) is 4. The van der Waals surface area contributed by atoms with Crippen LogP contribution in [0.4, 0.5) is 11.4 Å². The quantitative estimate of drug-likeness (QED) is 0.518. The van der Waals surface area contributed by atoms with E-state index in [1.807, 2.05) is 92.4 Å². The van der Waals surface area contributed by atoms with Gasteiger partial charge in [0, 0.05) is 12.2 Å². The molecular weight excluding hydrogens is 412 g/mol. The molecule has 0 unspecified atom stereocenters. The lowest BCUT2D eigenvalue weighted by atomic mass is 10.0. The first kappa shape index (κ1) is 21.0. The molecule has 0 fully saturated rings. The van der Waals surface area contributed by atoms with Gasteiger partial charge in [0.1, 0.15) is 11.4 Å². The molecule has 2 heterocycles. The minimum atomic E-state index is -0.300. The molecule has 0 bridgehead atoms. The number of anilines is 2. The first-order valence-corrected chi connectivity index (χ1v) is 11.3. The molecule has 0 aromatic heterocycles. The zero-order chi connectivity index (χ0) is 23.1. The van der Waals surface area contributed by atoms with Crippen LogP contribution >= 0.6 is 0 Å². The molecule has 2 amide bonds. The molecular formula is C28H26N2O3. The molecule has 0 N–H and O–H groups in total. The molecule has 0 spiro atoms. The van der Waals surface area contributed by atoms with E-state index in [-0.39, 0.29) is 17.9 Å². The third kappa shape index (κ3) is 3.59. The van der Waals surface area contributed by atoms with Crippen molar-refractivity contribution in [3.05, 3.63) is 95.2 Å². The summed E-state index contributed by atoms with van der Waals surface area (Å²) in [5.74, 6) is 0.143. The third-order valence-corrected chi connectivity index (χ3v) is 6.09. The molecule has 33 heavy (non-hydrogen) atoms. The summed E-state index contributed by atoms with van der Waals surface area (Å²) in [6, 6.07) is 23.0. The molecule has 0 atom stereocenters. The predicted octanol–water partition coefficient (Wildman–Crippen LogP) is 5.13. The summed E-state index contributed by atoms with van der Waals surface area (Å²) in [6.45, 7) is 6.52. The number of amides is 2. The summed E-state index contributed by atoms with van der Waals surface area (Å²) in [5, 5.41) is 0. The van der Waals surface area contributed by atoms with E-state index in [9.17, 15) is 9.59 Å². The highest BCUT2D eigenvalue weighted by molar-refractivity contribution is 6.46. The normalized spacial score (nSPS) is 15.6. The van der Waals surface area contributed by atoms with Gasteiger partial charge in [0.2, 0.25) is 0 Å². The number of carbonyl (C=O) groups excluding carboxylic acids is 2. The van der Waals surface area contributed by atoms with Crippen molar-refractivity contribution in [3.63, 3.8) is 0 Å². The minimum Gasteiger partial charge on any atom is -0.491 e. The monoisotopic (exact) mass is 438 g/mol. The van der Waals surface area contributed by atoms with E-state index < -0.39 is 0 Å². The Labute approximate surface area is 193 Å². The number of nitrogens with zero attached hydrogens (tertiary/aromatic N) is 2. The Morgan fingerprint density at radius 3 is 2.18 bits per heavy atom. The Hall–Kier alpha value is -3.86. The SMILES string of the molecule is Cc1ccccc1N1C(=O)C(c2ccc(OC(C)C)cc2)=C(N2CCc3ccccc32)C1=O. The number of ether oxygens (including phenoxy) is 1. The van der Waals surface area contributed by atoms with Crippen molar-refractivity contribution >= 4 is 28.8 Å². The van der Waals surface area contributed by atoms with E-state index in [1.165, 1.54) is 10.5 Å². The van der Waals surface area contributed by atoms with Crippen molar-refractivity contribution in [3.8, 4) is 5.75 Å². The van der Waals surface area contributed by atoms with Gasteiger partial charge >= 0.3 is 0 Å². The van der Waals surface area contributed by atoms with E-state index in [0.717, 1.165) is 23.4 Å². The Kier molecular flexibility index (Phi) is 5.25. The second-order valence-electron chi connectivity index (χ2n) is 8.68. The van der Waals surface area contributed by atoms with Crippen molar-refractivity contribution in [2.45, 2.75) is 33.3 Å². The Morgan fingerprint density at radius 2 is 1.48 bits per heavy atom. The van der Waals surface area contributed by atoms with E-state index in [2.05, 4.69) is 6.07 Å². The fourth-order valence-corrected chi connectivity index (χ4v) is 4.60. The van der Waals surface area contributed by atoms with Gasteiger partial charge < -0.3 is 9.64 Å². The molecule has 0 saturated heterocycles. The van der Waals surface area contributed by atoms with Crippen LogP contribution in [0.1, 0.15) is 30.5 Å². The highest BCUT2D eigenvalue weighted by atomic mass is 16.5. The van der Waals surface area contributed by atoms with Gasteiger partial charge in [-0.25, -0.2) is 4.90 Å². The van der Waals surface area contributed by atoms with Gasteiger partial charge in [0.05, 0.1) is 17.4 Å². The number of para-hydroxylation sites is 2. The van der Waals surface area contributed by atoms with Crippen LogP contribution in [0.5, 0.6) is 5.75 Å². The van der Waals surface area contributed by atoms with E-state index in [0.29, 0.717) is 29.1 Å². The Balaban J connectivity index is 1.65. The summed E-state index contributed by atoms with van der Waals surface area (Å²) in [4.78, 5) is 31.0. The number of carbonyl (C=O) groups is 2. The average Bonchev–Trinajstić information content (AvgIpc) is 3.33. The number of imide groups is 1. The average molecular weight is 439 g/mol. The van der Waals surface area contributed by atoms with Crippen LogP contribution in [0.3, 0.4) is 0 Å². The van der Waals surface area contributed by atoms with E-state index in [1.54, 1.807) is 0 Å². The van der Waals surface area contributed by atoms with Crippen LogP contribution in [-0.2, 0) is 16.0 Å². The lowest BCUT2D eigenvalue weighted by Gasteiger charge is -2.22. The molecule has 3 aromatic carbocycles. The Morgan fingerprint density at radius 1 is 0.818 bits per heavy atom. The molecule has 5 nitrogen and oxygen atoms in total. The lowest BCUT2D eigenvalue weighted by Crippen LogP contribution is -2.35. The van der Waals surface area contributed by atoms with Gasteiger partial charge in [-0.1, -0.05) is 48.5 Å². The lowest BCUT2D eigenvalue weighted by molar-refractivity contribution is -0.120. The zero-order valence-corrected chi connectivity index (χ0v) is 19.0. The second kappa shape index (κ2) is 8.24. The van der Waals surface area contributed by atoms with Crippen LogP contribution in [0.15, 0.2) is 78.5 Å². The maximum absolute atomic E-state index is 13.8. The molecule has 166 valence electrons. The summed E-state index contributed by atoms with van der Waals surface area (Å²) in [6.07, 6.45) is 0.887. The molecule has 5 rings (SSSR count). The minimum absolute atomic E-state index is 0.0537. The maximum atomic E-state index is 13.8. The highest BCUT2D eigenvalue weighted by Gasteiger charge is 2.44. The fourth-order valence-electron chi connectivity index (χ4n) is 4.60. The number of rotatable bonds is 5. The second-order valence-corrected chi connectivity index (χ2v) is 8.68. The molecule has 0 aliphatic carbocycles. The van der Waals surface area contributed by atoms with Crippen LogP contribution < -0.4 is 14.5 Å². The maximum Gasteiger partial charge on any atom is 0.282 e. The number of aryl methyl sites for hydroxylation is 1. The summed E-state index contributed by atoms with van der Waals surface area (Å²) < 4.78 is 5.77. The highest BCUT2D eigenvalue weighted by Crippen LogP contribution is 2.40. The molecule has 0 saturated carbocycles. The summed E-state index contributed by atoms with van der Waals surface area (Å²) in [7, 11) is 0. The number of benzene rings is 3. The van der Waals surface area contributed by atoms with Crippen molar-refractivity contribution < 1.29 is 14.3 Å². The van der Waals surface area contributed by atoms with Crippen LogP contribution in [0.25, 0.3) is 5.57 Å². The molecule has 5 heteroatoms. The van der Waals surface area contributed by atoms with E-state index >= 15 is 0 Å². The summed E-state index contributed by atoms with van der Waals surface area (Å²) in [5.41, 5.74) is 5.23. The first-order chi connectivity index (χ1) is 16.0. The van der Waals surface area contributed by atoms with E-state index in [4.69, 9.17) is 4.74 Å². The van der Waals surface area contributed by atoms with Gasteiger partial charge in [0.15, 0.2) is 0 Å². The van der Waals surface area contributed by atoms with Crippen molar-refractivity contribution in [1.29, 1.82) is 0 Å². The molecule has 0 radical (unpaired) electrons. The molecule has 2 aliphatic rings. The summed E-state index contributed by atoms with van der Waals surface area (Å²) >= 11 is 0. The van der Waals surface area contributed by atoms with Crippen molar-refractivity contribution in [1.82, 2.24) is 0 Å². The topological polar surface area (TPSA) is 49.9 Å². The standard InChI is InChI=1S/C28H26N2O3/c1-18(2)33-22-14-12-21(13-15-22)25-26(29-17-16-20-9-5-7-11-24(20)29)28(32)30(27(25)31)23-10-6-4-8-19(23)3/h4-15,18H,16-17H2,1-3H3. The van der Waals surface area contributed by atoms with Gasteiger partial charge in [-0.15, -0.1) is 0 Å². The largest absolute Gasteiger partial charge is 0.491 e. The van der Waals surface area contributed by atoms with Crippen LogP contribution in [0.2, 0.25) is 0 Å². The van der Waals surface area contributed by atoms with Gasteiger partial charge in [-0.05, 0) is 68.1 Å². The Bertz CT molecular complexity index is 1270. The zero-order valence-electron chi connectivity index (χ0n) is 19.0.